The molecule has 2 atom stereocenters. The summed E-state index contributed by atoms with van der Waals surface area (Å²) < 4.78 is 10.8. The van der Waals surface area contributed by atoms with E-state index in [1.807, 2.05) is 50.2 Å². The lowest BCUT2D eigenvalue weighted by molar-refractivity contribution is -0.123. The second-order valence-corrected chi connectivity index (χ2v) is 5.98. The molecule has 0 radical (unpaired) electrons. The molecule has 0 aromatic heterocycles. The van der Waals surface area contributed by atoms with Crippen LogP contribution in [-0.2, 0) is 9.53 Å². The number of cyclic esters (lactones) is 1. The molecule has 1 N–H and O–H groups in total. The van der Waals surface area contributed by atoms with E-state index < -0.39 is 6.10 Å². The van der Waals surface area contributed by atoms with Crippen molar-refractivity contribution in [1.29, 1.82) is 0 Å². The fourth-order valence-electron chi connectivity index (χ4n) is 2.96. The maximum Gasteiger partial charge on any atom is 0.339 e. The maximum atomic E-state index is 12.4. The van der Waals surface area contributed by atoms with E-state index in [-0.39, 0.29) is 24.3 Å². The van der Waals surface area contributed by atoms with Crippen LogP contribution in [0, 0.1) is 0 Å². The van der Waals surface area contributed by atoms with Gasteiger partial charge >= 0.3 is 5.97 Å². The molecule has 5 nitrogen and oxygen atoms in total. The fourth-order valence-corrected chi connectivity index (χ4v) is 2.96. The molecule has 25 heavy (non-hydrogen) atoms. The van der Waals surface area contributed by atoms with E-state index in [4.69, 9.17) is 9.47 Å². The van der Waals surface area contributed by atoms with Gasteiger partial charge in [-0.3, -0.25) is 4.79 Å². The van der Waals surface area contributed by atoms with Crippen LogP contribution in [-0.4, -0.2) is 18.5 Å². The fraction of sp³-hybridized carbons (Fsp3) is 0.300. The summed E-state index contributed by atoms with van der Waals surface area (Å²) in [5.41, 5.74) is 2.27. The van der Waals surface area contributed by atoms with E-state index >= 15 is 0 Å². The van der Waals surface area contributed by atoms with E-state index in [1.54, 1.807) is 12.1 Å². The van der Waals surface area contributed by atoms with Crippen molar-refractivity contribution in [1.82, 2.24) is 5.32 Å². The SMILES string of the molecule is CCOc1cccc(C(C)NC(=O)CC2OC(=O)c3ccccc32)c1. The summed E-state index contributed by atoms with van der Waals surface area (Å²) in [5, 5.41) is 2.95. The summed E-state index contributed by atoms with van der Waals surface area (Å²) >= 11 is 0. The summed E-state index contributed by atoms with van der Waals surface area (Å²) in [6, 6.07) is 14.7. The molecule has 130 valence electrons. The molecule has 0 bridgehead atoms. The van der Waals surface area contributed by atoms with Gasteiger partial charge in [-0.05, 0) is 37.6 Å². The number of carbonyl (C=O) groups is 2. The topological polar surface area (TPSA) is 64.6 Å². The first-order valence-electron chi connectivity index (χ1n) is 8.40. The second kappa shape index (κ2) is 7.38. The van der Waals surface area contributed by atoms with Gasteiger partial charge in [-0.2, -0.15) is 0 Å². The first-order valence-corrected chi connectivity index (χ1v) is 8.40. The molecule has 1 amide bonds. The van der Waals surface area contributed by atoms with Crippen LogP contribution in [0.5, 0.6) is 5.75 Å². The summed E-state index contributed by atoms with van der Waals surface area (Å²) in [6.07, 6.45) is -0.413. The van der Waals surface area contributed by atoms with Crippen molar-refractivity contribution >= 4 is 11.9 Å². The van der Waals surface area contributed by atoms with E-state index in [2.05, 4.69) is 5.32 Å². The normalized spacial score (nSPS) is 16.7. The summed E-state index contributed by atoms with van der Waals surface area (Å²) in [6.45, 7) is 4.44. The molecule has 0 spiro atoms. The van der Waals surface area contributed by atoms with Crippen LogP contribution in [0.2, 0.25) is 0 Å². The van der Waals surface area contributed by atoms with Crippen molar-refractivity contribution in [3.63, 3.8) is 0 Å². The van der Waals surface area contributed by atoms with Gasteiger partial charge in [-0.15, -0.1) is 0 Å². The zero-order chi connectivity index (χ0) is 17.8. The van der Waals surface area contributed by atoms with Crippen LogP contribution < -0.4 is 10.1 Å². The van der Waals surface area contributed by atoms with Crippen LogP contribution >= 0.6 is 0 Å². The van der Waals surface area contributed by atoms with Gasteiger partial charge in [0.15, 0.2) is 0 Å². The van der Waals surface area contributed by atoms with Gasteiger partial charge in [0, 0.05) is 5.56 Å². The Morgan fingerprint density at radius 2 is 2.04 bits per heavy atom. The molecular formula is C20H21NO4. The standard InChI is InChI=1S/C20H21NO4/c1-3-24-15-8-6-7-14(11-15)13(2)21-19(22)12-18-16-9-4-5-10-17(16)20(23)25-18/h4-11,13,18H,3,12H2,1-2H3,(H,21,22). The van der Waals surface area contributed by atoms with Gasteiger partial charge in [-0.1, -0.05) is 30.3 Å². The average Bonchev–Trinajstić information content (AvgIpc) is 2.91. The predicted octanol–water partition coefficient (Wildman–Crippen LogP) is 3.56. The molecule has 2 aromatic carbocycles. The molecule has 1 aliphatic rings. The number of rotatable bonds is 6. The molecule has 3 rings (SSSR count). The predicted molar refractivity (Wildman–Crippen MR) is 93.4 cm³/mol. The Labute approximate surface area is 147 Å². The zero-order valence-corrected chi connectivity index (χ0v) is 14.3. The smallest absolute Gasteiger partial charge is 0.339 e. The molecule has 5 heteroatoms. The lowest BCUT2D eigenvalue weighted by Gasteiger charge is -2.17. The van der Waals surface area contributed by atoms with Crippen molar-refractivity contribution in [2.24, 2.45) is 0 Å². The van der Waals surface area contributed by atoms with Crippen LogP contribution in [0.3, 0.4) is 0 Å². The number of nitrogens with one attached hydrogen (secondary N) is 1. The van der Waals surface area contributed by atoms with Crippen molar-refractivity contribution in [2.75, 3.05) is 6.61 Å². The lowest BCUT2D eigenvalue weighted by atomic mass is 10.0. The Morgan fingerprint density at radius 3 is 2.84 bits per heavy atom. The zero-order valence-electron chi connectivity index (χ0n) is 14.3. The largest absolute Gasteiger partial charge is 0.494 e. The Hall–Kier alpha value is -2.82. The molecule has 1 aliphatic heterocycles. The Kier molecular flexibility index (Phi) is 5.03. The minimum absolute atomic E-state index is 0.109. The molecule has 0 fully saturated rings. The van der Waals surface area contributed by atoms with Gasteiger partial charge in [0.2, 0.25) is 5.91 Å². The Bertz CT molecular complexity index is 787. The number of esters is 1. The number of carbonyl (C=O) groups excluding carboxylic acids is 2. The number of ether oxygens (including phenoxy) is 2. The molecular weight excluding hydrogens is 318 g/mol. The molecule has 0 aliphatic carbocycles. The monoisotopic (exact) mass is 339 g/mol. The maximum absolute atomic E-state index is 12.4. The first-order chi connectivity index (χ1) is 12.1. The third kappa shape index (κ3) is 3.82. The van der Waals surface area contributed by atoms with E-state index in [0.29, 0.717) is 12.2 Å². The number of fused-ring (bicyclic) bond motifs is 1. The van der Waals surface area contributed by atoms with E-state index in [0.717, 1.165) is 16.9 Å². The number of hydrogen-bond donors (Lipinski definition) is 1. The van der Waals surface area contributed by atoms with Crippen molar-refractivity contribution in [3.05, 3.63) is 65.2 Å². The van der Waals surface area contributed by atoms with E-state index in [9.17, 15) is 9.59 Å². The van der Waals surface area contributed by atoms with Crippen molar-refractivity contribution in [3.8, 4) is 5.75 Å². The highest BCUT2D eigenvalue weighted by atomic mass is 16.5. The minimum atomic E-state index is -0.523. The van der Waals surface area contributed by atoms with E-state index in [1.165, 1.54) is 0 Å². The summed E-state index contributed by atoms with van der Waals surface area (Å²) in [4.78, 5) is 24.2. The van der Waals surface area contributed by atoms with Crippen LogP contribution in [0.15, 0.2) is 48.5 Å². The number of hydrogen-bond acceptors (Lipinski definition) is 4. The highest BCUT2D eigenvalue weighted by Gasteiger charge is 2.32. The van der Waals surface area contributed by atoms with Gasteiger partial charge in [-0.25, -0.2) is 4.79 Å². The molecule has 0 saturated heterocycles. The van der Waals surface area contributed by atoms with Crippen LogP contribution in [0.25, 0.3) is 0 Å². The second-order valence-electron chi connectivity index (χ2n) is 5.98. The molecule has 1 heterocycles. The number of benzene rings is 2. The molecule has 2 aromatic rings. The van der Waals surface area contributed by atoms with Gasteiger partial charge in [0.05, 0.1) is 24.6 Å². The van der Waals surface area contributed by atoms with Gasteiger partial charge < -0.3 is 14.8 Å². The third-order valence-electron chi connectivity index (χ3n) is 4.19. The van der Waals surface area contributed by atoms with Gasteiger partial charge in [0.25, 0.3) is 0 Å². The Balaban J connectivity index is 1.63. The molecule has 0 saturated carbocycles. The first kappa shape index (κ1) is 17.0. The Morgan fingerprint density at radius 1 is 1.24 bits per heavy atom. The van der Waals surface area contributed by atoms with Crippen molar-refractivity contribution < 1.29 is 19.1 Å². The highest BCUT2D eigenvalue weighted by Crippen LogP contribution is 2.32. The lowest BCUT2D eigenvalue weighted by Crippen LogP contribution is -2.28. The summed E-state index contributed by atoms with van der Waals surface area (Å²) in [7, 11) is 0. The van der Waals surface area contributed by atoms with Crippen molar-refractivity contribution in [2.45, 2.75) is 32.4 Å². The average molecular weight is 339 g/mol. The number of amides is 1. The highest BCUT2D eigenvalue weighted by molar-refractivity contribution is 5.94. The van der Waals surface area contributed by atoms with Crippen LogP contribution in [0.4, 0.5) is 0 Å². The minimum Gasteiger partial charge on any atom is -0.494 e. The summed E-state index contributed by atoms with van der Waals surface area (Å²) in [5.74, 6) is 0.245. The third-order valence-corrected chi connectivity index (χ3v) is 4.19. The van der Waals surface area contributed by atoms with Crippen LogP contribution in [0.1, 0.15) is 53.9 Å². The van der Waals surface area contributed by atoms with Gasteiger partial charge in [0.1, 0.15) is 11.9 Å². The quantitative estimate of drug-likeness (QED) is 0.817. The molecule has 2 unspecified atom stereocenters.